The van der Waals surface area contributed by atoms with Gasteiger partial charge < -0.3 is 9.73 Å². The van der Waals surface area contributed by atoms with Gasteiger partial charge in [0.05, 0.1) is 11.8 Å². The standard InChI is InChI=1S/C14H12N2O4S/c17-13(15-11-4-2-1-3-5-11)10-21-9-8-12-6-7-14(20-12)16(18)19/h1-9H,10H2,(H,15,17). The lowest BCUT2D eigenvalue weighted by atomic mass is 10.3. The summed E-state index contributed by atoms with van der Waals surface area (Å²) in [7, 11) is 0. The number of carbonyl (C=O) groups is 1. The Labute approximate surface area is 125 Å². The van der Waals surface area contributed by atoms with E-state index in [0.717, 1.165) is 5.69 Å². The molecule has 1 aromatic heterocycles. The van der Waals surface area contributed by atoms with Crippen molar-refractivity contribution in [2.75, 3.05) is 11.1 Å². The van der Waals surface area contributed by atoms with Crippen LogP contribution in [-0.4, -0.2) is 16.6 Å². The Balaban J connectivity index is 1.76. The van der Waals surface area contributed by atoms with E-state index in [-0.39, 0.29) is 17.5 Å². The molecule has 0 aliphatic heterocycles. The van der Waals surface area contributed by atoms with Crippen LogP contribution in [0.3, 0.4) is 0 Å². The van der Waals surface area contributed by atoms with Gasteiger partial charge in [0, 0.05) is 5.69 Å². The van der Waals surface area contributed by atoms with Gasteiger partial charge in [0.2, 0.25) is 5.91 Å². The summed E-state index contributed by atoms with van der Waals surface area (Å²) in [6.07, 6.45) is 1.58. The number of nitrogens with one attached hydrogen (secondary N) is 1. The van der Waals surface area contributed by atoms with Gasteiger partial charge in [-0.15, -0.1) is 11.8 Å². The summed E-state index contributed by atoms with van der Waals surface area (Å²) >= 11 is 1.27. The van der Waals surface area contributed by atoms with Crippen molar-refractivity contribution in [2.45, 2.75) is 0 Å². The molecular weight excluding hydrogens is 292 g/mol. The van der Waals surface area contributed by atoms with E-state index in [2.05, 4.69) is 5.32 Å². The predicted molar refractivity (Wildman–Crippen MR) is 81.9 cm³/mol. The van der Waals surface area contributed by atoms with Crippen LogP contribution in [0.5, 0.6) is 0 Å². The number of para-hydroxylation sites is 1. The molecule has 0 aliphatic carbocycles. The second-order valence-corrected chi connectivity index (χ2v) is 4.86. The predicted octanol–water partition coefficient (Wildman–Crippen LogP) is 3.53. The van der Waals surface area contributed by atoms with Gasteiger partial charge in [0.1, 0.15) is 10.7 Å². The molecule has 0 aliphatic rings. The summed E-state index contributed by atoms with van der Waals surface area (Å²) in [5.74, 6) is 0.189. The molecule has 1 N–H and O–H groups in total. The van der Waals surface area contributed by atoms with Crippen LogP contribution in [-0.2, 0) is 4.79 Å². The zero-order valence-electron chi connectivity index (χ0n) is 10.9. The van der Waals surface area contributed by atoms with Gasteiger partial charge in [-0.25, -0.2) is 0 Å². The molecular formula is C14H12N2O4S. The van der Waals surface area contributed by atoms with Gasteiger partial charge in [-0.3, -0.25) is 14.9 Å². The molecule has 0 spiro atoms. The molecule has 0 fully saturated rings. The fourth-order valence-corrected chi connectivity index (χ4v) is 2.04. The zero-order chi connectivity index (χ0) is 15.1. The highest BCUT2D eigenvalue weighted by atomic mass is 32.2. The minimum atomic E-state index is -0.599. The Morgan fingerprint density at radius 2 is 2.05 bits per heavy atom. The molecule has 7 heteroatoms. The van der Waals surface area contributed by atoms with Crippen LogP contribution >= 0.6 is 11.8 Å². The van der Waals surface area contributed by atoms with Gasteiger partial charge in [-0.1, -0.05) is 18.2 Å². The van der Waals surface area contributed by atoms with Crippen LogP contribution in [0.2, 0.25) is 0 Å². The van der Waals surface area contributed by atoms with Crippen LogP contribution in [0.25, 0.3) is 6.08 Å². The van der Waals surface area contributed by atoms with Gasteiger partial charge in [0.25, 0.3) is 0 Å². The van der Waals surface area contributed by atoms with E-state index in [9.17, 15) is 14.9 Å². The monoisotopic (exact) mass is 304 g/mol. The van der Waals surface area contributed by atoms with Gasteiger partial charge >= 0.3 is 5.88 Å². The van der Waals surface area contributed by atoms with E-state index in [1.54, 1.807) is 23.6 Å². The normalized spacial score (nSPS) is 10.7. The molecule has 0 atom stereocenters. The Morgan fingerprint density at radius 3 is 2.71 bits per heavy atom. The lowest BCUT2D eigenvalue weighted by Crippen LogP contribution is -2.13. The highest BCUT2D eigenvalue weighted by Crippen LogP contribution is 2.18. The first-order valence-electron chi connectivity index (χ1n) is 6.02. The molecule has 2 aromatic rings. The van der Waals surface area contributed by atoms with Crippen molar-refractivity contribution in [3.8, 4) is 0 Å². The minimum Gasteiger partial charge on any atom is -0.401 e. The van der Waals surface area contributed by atoms with E-state index in [0.29, 0.717) is 5.76 Å². The number of amides is 1. The molecule has 1 aromatic carbocycles. The number of nitrogens with zero attached hydrogens (tertiary/aromatic N) is 1. The third-order valence-electron chi connectivity index (χ3n) is 2.39. The van der Waals surface area contributed by atoms with Crippen molar-refractivity contribution in [1.29, 1.82) is 0 Å². The van der Waals surface area contributed by atoms with E-state index >= 15 is 0 Å². The van der Waals surface area contributed by atoms with Crippen LogP contribution in [0, 0.1) is 10.1 Å². The molecule has 1 amide bonds. The number of nitro groups is 1. The second kappa shape index (κ2) is 7.30. The van der Waals surface area contributed by atoms with E-state index in [1.165, 1.54) is 23.9 Å². The highest BCUT2D eigenvalue weighted by molar-refractivity contribution is 8.02. The summed E-state index contributed by atoms with van der Waals surface area (Å²) in [5.41, 5.74) is 0.744. The smallest absolute Gasteiger partial charge is 0.401 e. The number of thioether (sulfide) groups is 1. The Morgan fingerprint density at radius 1 is 1.29 bits per heavy atom. The molecule has 21 heavy (non-hydrogen) atoms. The number of furan rings is 1. The van der Waals surface area contributed by atoms with E-state index in [4.69, 9.17) is 4.42 Å². The highest BCUT2D eigenvalue weighted by Gasteiger charge is 2.09. The van der Waals surface area contributed by atoms with Crippen LogP contribution in [0.4, 0.5) is 11.6 Å². The van der Waals surface area contributed by atoms with Crippen molar-refractivity contribution in [3.63, 3.8) is 0 Å². The maximum atomic E-state index is 11.6. The maximum absolute atomic E-state index is 11.6. The van der Waals surface area contributed by atoms with Crippen LogP contribution < -0.4 is 5.32 Å². The van der Waals surface area contributed by atoms with Gasteiger partial charge in [-0.2, -0.15) is 0 Å². The van der Waals surface area contributed by atoms with Crippen molar-refractivity contribution in [3.05, 3.63) is 63.7 Å². The van der Waals surface area contributed by atoms with Gasteiger partial charge in [-0.05, 0) is 29.7 Å². The molecule has 1 heterocycles. The first-order valence-corrected chi connectivity index (χ1v) is 7.07. The molecule has 108 valence electrons. The zero-order valence-corrected chi connectivity index (χ0v) is 11.7. The molecule has 0 saturated carbocycles. The molecule has 6 nitrogen and oxygen atoms in total. The molecule has 2 rings (SSSR count). The quantitative estimate of drug-likeness (QED) is 0.651. The van der Waals surface area contributed by atoms with Crippen molar-refractivity contribution in [2.24, 2.45) is 0 Å². The number of anilines is 1. The van der Waals surface area contributed by atoms with Crippen molar-refractivity contribution < 1.29 is 14.1 Å². The Hall–Kier alpha value is -2.54. The fourth-order valence-electron chi connectivity index (χ4n) is 1.49. The molecule has 0 unspecified atom stereocenters. The minimum absolute atomic E-state index is 0.124. The molecule has 0 radical (unpaired) electrons. The van der Waals surface area contributed by atoms with Crippen LogP contribution in [0.15, 0.2) is 52.3 Å². The number of hydrogen-bond donors (Lipinski definition) is 1. The average molecular weight is 304 g/mol. The fraction of sp³-hybridized carbons (Fsp3) is 0.0714. The lowest BCUT2D eigenvalue weighted by Gasteiger charge is -2.02. The second-order valence-electron chi connectivity index (χ2n) is 3.96. The molecule has 0 bridgehead atoms. The van der Waals surface area contributed by atoms with Gasteiger partial charge in [0.15, 0.2) is 0 Å². The first kappa shape index (κ1) is 14.9. The summed E-state index contributed by atoms with van der Waals surface area (Å²) in [6.45, 7) is 0. The number of rotatable bonds is 6. The maximum Gasteiger partial charge on any atom is 0.433 e. The average Bonchev–Trinajstić information content (AvgIpc) is 2.94. The number of hydrogen-bond acceptors (Lipinski definition) is 5. The third kappa shape index (κ3) is 4.81. The lowest BCUT2D eigenvalue weighted by molar-refractivity contribution is -0.402. The SMILES string of the molecule is O=C(CSC=Cc1ccc([N+](=O)[O-])o1)Nc1ccccc1. The summed E-state index contributed by atoms with van der Waals surface area (Å²) in [4.78, 5) is 21.5. The van der Waals surface area contributed by atoms with E-state index in [1.807, 2.05) is 18.2 Å². The summed E-state index contributed by atoms with van der Waals surface area (Å²) in [5, 5.41) is 14.8. The summed E-state index contributed by atoms with van der Waals surface area (Å²) < 4.78 is 4.95. The Bertz CT molecular complexity index is 652. The van der Waals surface area contributed by atoms with Crippen molar-refractivity contribution >= 4 is 35.3 Å². The third-order valence-corrected chi connectivity index (χ3v) is 3.15. The number of benzene rings is 1. The van der Waals surface area contributed by atoms with Crippen molar-refractivity contribution in [1.82, 2.24) is 0 Å². The molecule has 0 saturated heterocycles. The Kier molecular flexibility index (Phi) is 5.16. The summed E-state index contributed by atoms with van der Waals surface area (Å²) in [6, 6.07) is 11.9. The van der Waals surface area contributed by atoms with Crippen LogP contribution in [0.1, 0.15) is 5.76 Å². The number of carbonyl (C=O) groups excluding carboxylic acids is 1. The topological polar surface area (TPSA) is 85.4 Å². The van der Waals surface area contributed by atoms with E-state index < -0.39 is 4.92 Å². The first-order chi connectivity index (χ1) is 10.1. The largest absolute Gasteiger partial charge is 0.433 e.